The Kier molecular flexibility index (Phi) is 3.60. The first-order chi connectivity index (χ1) is 6.38. The summed E-state index contributed by atoms with van der Waals surface area (Å²) in [5.74, 6) is 0. The first-order valence-corrected chi connectivity index (χ1v) is 4.43. The Labute approximate surface area is 80.4 Å². The van der Waals surface area contributed by atoms with Crippen molar-refractivity contribution in [3.8, 4) is 0 Å². The predicted molar refractivity (Wildman–Crippen MR) is 57.3 cm³/mol. The molecule has 0 bridgehead atoms. The number of hydrogen-bond acceptors (Lipinski definition) is 1. The molecule has 0 amide bonds. The molecule has 13 heavy (non-hydrogen) atoms. The molecule has 1 aliphatic rings. The molecule has 2 rings (SSSR count). The Bertz CT molecular complexity index is 353. The first kappa shape index (κ1) is 9.88. The summed E-state index contributed by atoms with van der Waals surface area (Å²) in [5.41, 5.74) is 4.06. The average Bonchev–Trinajstić information content (AvgIpc) is 2.09. The first-order valence-electron chi connectivity index (χ1n) is 4.03. The summed E-state index contributed by atoms with van der Waals surface area (Å²) < 4.78 is 8.06. The van der Waals surface area contributed by atoms with Crippen LogP contribution in [0.2, 0.25) is 0 Å². The fraction of sp³-hybridized carbons (Fsp3) is 0.0909. The highest BCUT2D eigenvalue weighted by Crippen LogP contribution is 2.24. The number of rotatable bonds is 1. The van der Waals surface area contributed by atoms with Crippen LogP contribution in [0.25, 0.3) is 5.57 Å². The molecule has 0 aliphatic heterocycles. The van der Waals surface area contributed by atoms with Crippen LogP contribution in [0.15, 0.2) is 42.5 Å². The molecule has 0 spiro atoms. The van der Waals surface area contributed by atoms with Crippen molar-refractivity contribution in [3.05, 3.63) is 53.6 Å². The molecule has 66 valence electrons. The van der Waals surface area contributed by atoms with Crippen LogP contribution < -0.4 is 0 Å². The summed E-state index contributed by atoms with van der Waals surface area (Å²) >= 11 is 0. The molecule has 0 saturated carbocycles. The van der Waals surface area contributed by atoms with E-state index in [1.54, 1.807) is 9.12 Å². The molecule has 0 atom stereocenters. The molecule has 1 aromatic rings. The molecule has 2 heteroatoms. The zero-order valence-electron chi connectivity index (χ0n) is 7.45. The number of hydrogen-bond donors (Lipinski definition) is 0. The minimum absolute atomic E-state index is 1.35. The highest BCUT2D eigenvalue weighted by atomic mass is 31.0. The van der Waals surface area contributed by atoms with Gasteiger partial charge in [-0.3, -0.25) is 4.57 Å². The van der Waals surface area contributed by atoms with Gasteiger partial charge in [0.25, 0.3) is 0 Å². The van der Waals surface area contributed by atoms with Crippen LogP contribution in [0.4, 0.5) is 0 Å². The lowest BCUT2D eigenvalue weighted by molar-refractivity contribution is 0.607. The standard InChI is InChI=1S/C11H10.HOP/c1-9-5-2-3-8-11(9)10-6-4-7-10;1-2/h2-8H,1H3;2H. The van der Waals surface area contributed by atoms with E-state index in [0.29, 0.717) is 0 Å². The van der Waals surface area contributed by atoms with Crippen molar-refractivity contribution in [1.29, 1.82) is 0 Å². The zero-order valence-corrected chi connectivity index (χ0v) is 8.45. The van der Waals surface area contributed by atoms with Gasteiger partial charge in [-0.2, -0.15) is 0 Å². The van der Waals surface area contributed by atoms with Crippen LogP contribution >= 0.6 is 9.12 Å². The van der Waals surface area contributed by atoms with E-state index < -0.39 is 0 Å². The maximum Gasteiger partial charge on any atom is 0.138 e. The fourth-order valence-corrected chi connectivity index (χ4v) is 1.27. The zero-order chi connectivity index (χ0) is 9.68. The monoisotopic (exact) mass is 190 g/mol. The third-order valence-corrected chi connectivity index (χ3v) is 2.01. The number of allylic oxidation sites excluding steroid dienone is 4. The van der Waals surface area contributed by atoms with Gasteiger partial charge in [0.15, 0.2) is 0 Å². The van der Waals surface area contributed by atoms with Gasteiger partial charge in [0.1, 0.15) is 9.12 Å². The van der Waals surface area contributed by atoms with E-state index in [1.807, 2.05) is 0 Å². The molecule has 0 saturated heterocycles. The SMILES string of the molecule is Cc1ccccc1C1=CC=C1.O=P. The van der Waals surface area contributed by atoms with Gasteiger partial charge in [-0.15, -0.1) is 0 Å². The summed E-state index contributed by atoms with van der Waals surface area (Å²) in [6, 6.07) is 8.45. The van der Waals surface area contributed by atoms with Gasteiger partial charge in [-0.05, 0) is 23.6 Å². The van der Waals surface area contributed by atoms with Crippen molar-refractivity contribution in [2.24, 2.45) is 0 Å². The van der Waals surface area contributed by atoms with Crippen LogP contribution in [0.1, 0.15) is 11.1 Å². The van der Waals surface area contributed by atoms with E-state index in [2.05, 4.69) is 49.4 Å². The third-order valence-electron chi connectivity index (χ3n) is 2.01. The van der Waals surface area contributed by atoms with E-state index >= 15 is 0 Å². The number of aryl methyl sites for hydroxylation is 1. The van der Waals surface area contributed by atoms with Crippen LogP contribution in [0, 0.1) is 6.92 Å². The van der Waals surface area contributed by atoms with Crippen LogP contribution in [-0.2, 0) is 4.57 Å². The van der Waals surface area contributed by atoms with Gasteiger partial charge >= 0.3 is 0 Å². The molecule has 0 unspecified atom stereocenters. The Balaban J connectivity index is 0.000000396. The van der Waals surface area contributed by atoms with Crippen LogP contribution in [-0.4, -0.2) is 0 Å². The second-order valence-corrected chi connectivity index (χ2v) is 2.80. The van der Waals surface area contributed by atoms with Gasteiger partial charge in [-0.1, -0.05) is 42.5 Å². The highest BCUT2D eigenvalue weighted by molar-refractivity contribution is 7.00. The topological polar surface area (TPSA) is 17.1 Å². The van der Waals surface area contributed by atoms with Gasteiger partial charge in [0.05, 0.1) is 0 Å². The average molecular weight is 190 g/mol. The molecule has 0 heterocycles. The fourth-order valence-electron chi connectivity index (χ4n) is 1.27. The molecule has 1 aliphatic carbocycles. The Morgan fingerprint density at radius 1 is 1.15 bits per heavy atom. The molecule has 1 aromatic carbocycles. The Morgan fingerprint density at radius 2 is 1.77 bits per heavy atom. The molecule has 0 fully saturated rings. The maximum atomic E-state index is 8.06. The minimum atomic E-state index is 1.35. The van der Waals surface area contributed by atoms with E-state index in [9.17, 15) is 0 Å². The van der Waals surface area contributed by atoms with Gasteiger partial charge in [-0.25, -0.2) is 0 Å². The summed E-state index contributed by atoms with van der Waals surface area (Å²) in [6.45, 7) is 2.14. The minimum Gasteiger partial charge on any atom is -0.279 e. The van der Waals surface area contributed by atoms with Crippen LogP contribution in [0.5, 0.6) is 0 Å². The molecular weight excluding hydrogens is 179 g/mol. The van der Waals surface area contributed by atoms with Crippen molar-refractivity contribution >= 4 is 14.7 Å². The van der Waals surface area contributed by atoms with E-state index in [4.69, 9.17) is 4.57 Å². The molecular formula is C11H11OP. The lowest BCUT2D eigenvalue weighted by Gasteiger charge is -2.09. The van der Waals surface area contributed by atoms with Gasteiger partial charge in [0, 0.05) is 0 Å². The summed E-state index contributed by atoms with van der Waals surface area (Å²) in [4.78, 5) is 0. The van der Waals surface area contributed by atoms with Crippen molar-refractivity contribution in [1.82, 2.24) is 0 Å². The molecule has 1 nitrogen and oxygen atoms in total. The second-order valence-electron chi connectivity index (χ2n) is 2.80. The van der Waals surface area contributed by atoms with Crippen molar-refractivity contribution in [2.75, 3.05) is 0 Å². The lowest BCUT2D eigenvalue weighted by atomic mass is 9.96. The van der Waals surface area contributed by atoms with Crippen LogP contribution in [0.3, 0.4) is 0 Å². The van der Waals surface area contributed by atoms with E-state index in [-0.39, 0.29) is 0 Å². The quantitative estimate of drug-likeness (QED) is 0.620. The van der Waals surface area contributed by atoms with E-state index in [0.717, 1.165) is 0 Å². The van der Waals surface area contributed by atoms with Crippen molar-refractivity contribution < 1.29 is 4.57 Å². The smallest absolute Gasteiger partial charge is 0.138 e. The van der Waals surface area contributed by atoms with Gasteiger partial charge in [0.2, 0.25) is 0 Å². The largest absolute Gasteiger partial charge is 0.279 e. The highest BCUT2D eigenvalue weighted by Gasteiger charge is 2.03. The summed E-state index contributed by atoms with van der Waals surface area (Å²) in [6.07, 6.45) is 6.35. The van der Waals surface area contributed by atoms with Crippen molar-refractivity contribution in [2.45, 2.75) is 6.92 Å². The van der Waals surface area contributed by atoms with E-state index in [1.165, 1.54) is 16.7 Å². The van der Waals surface area contributed by atoms with Crippen molar-refractivity contribution in [3.63, 3.8) is 0 Å². The molecule has 0 radical (unpaired) electrons. The molecule has 0 N–H and O–H groups in total. The maximum absolute atomic E-state index is 8.06. The Morgan fingerprint density at radius 3 is 2.23 bits per heavy atom. The predicted octanol–water partition coefficient (Wildman–Crippen LogP) is 3.42. The number of benzene rings is 1. The normalized spacial score (nSPS) is 12.2. The molecule has 0 aromatic heterocycles. The Hall–Kier alpha value is -1.20. The summed E-state index contributed by atoms with van der Waals surface area (Å²) in [7, 11) is 1.72. The third kappa shape index (κ3) is 2.13. The lowest BCUT2D eigenvalue weighted by Crippen LogP contribution is -1.88. The second kappa shape index (κ2) is 4.74. The van der Waals surface area contributed by atoms with Gasteiger partial charge < -0.3 is 0 Å². The summed E-state index contributed by atoms with van der Waals surface area (Å²) in [5, 5.41) is 0.